The number of amides is 2. The number of rotatable bonds is 5. The van der Waals surface area contributed by atoms with Crippen LogP contribution >= 0.6 is 0 Å². The average Bonchev–Trinajstić information content (AvgIpc) is 2.54. The van der Waals surface area contributed by atoms with Gasteiger partial charge in [-0.25, -0.2) is 4.39 Å². The molecule has 0 saturated heterocycles. The third-order valence-corrected chi connectivity index (χ3v) is 3.68. The summed E-state index contributed by atoms with van der Waals surface area (Å²) in [7, 11) is 0. The standard InChI is InChI=1S/C19H21FN2O2/c1-13(2)15-8-4-7-11-18(15)22(14(3)23)12-19(24)21-17-10-6-5-9-16(17)20/h4-11,13H,12H2,1-3H3,(H,21,24). The molecular weight excluding hydrogens is 307 g/mol. The van der Waals surface area contributed by atoms with Crippen LogP contribution in [0.25, 0.3) is 0 Å². The van der Waals surface area contributed by atoms with E-state index < -0.39 is 11.7 Å². The summed E-state index contributed by atoms with van der Waals surface area (Å²) in [5, 5.41) is 2.51. The van der Waals surface area contributed by atoms with E-state index in [2.05, 4.69) is 5.32 Å². The van der Waals surface area contributed by atoms with Crippen LogP contribution in [0.1, 0.15) is 32.3 Å². The number of hydrogen-bond donors (Lipinski definition) is 1. The number of anilines is 2. The Morgan fingerprint density at radius 1 is 1.08 bits per heavy atom. The molecule has 0 aliphatic rings. The van der Waals surface area contributed by atoms with Gasteiger partial charge in [0.1, 0.15) is 12.4 Å². The first-order chi connectivity index (χ1) is 11.4. The highest BCUT2D eigenvalue weighted by atomic mass is 19.1. The third-order valence-electron chi connectivity index (χ3n) is 3.68. The van der Waals surface area contributed by atoms with Crippen LogP contribution in [0, 0.1) is 5.82 Å². The number of benzene rings is 2. The first-order valence-electron chi connectivity index (χ1n) is 7.81. The zero-order valence-corrected chi connectivity index (χ0v) is 14.0. The number of para-hydroxylation sites is 2. The molecule has 0 heterocycles. The predicted octanol–water partition coefficient (Wildman–Crippen LogP) is 3.94. The van der Waals surface area contributed by atoms with Gasteiger partial charge in [0.25, 0.3) is 0 Å². The van der Waals surface area contributed by atoms with E-state index in [0.717, 1.165) is 5.56 Å². The topological polar surface area (TPSA) is 49.4 Å². The highest BCUT2D eigenvalue weighted by Crippen LogP contribution is 2.27. The van der Waals surface area contributed by atoms with Crippen LogP contribution in [0.4, 0.5) is 15.8 Å². The fourth-order valence-electron chi connectivity index (χ4n) is 2.48. The molecule has 2 aromatic carbocycles. The molecule has 0 saturated carbocycles. The van der Waals surface area contributed by atoms with Crippen molar-refractivity contribution in [1.82, 2.24) is 0 Å². The van der Waals surface area contributed by atoms with Crippen molar-refractivity contribution in [2.24, 2.45) is 0 Å². The third kappa shape index (κ3) is 4.19. The Bertz CT molecular complexity index is 744. The van der Waals surface area contributed by atoms with Crippen molar-refractivity contribution in [1.29, 1.82) is 0 Å². The van der Waals surface area contributed by atoms with Crippen molar-refractivity contribution in [2.45, 2.75) is 26.7 Å². The molecule has 0 aliphatic heterocycles. The average molecular weight is 328 g/mol. The SMILES string of the molecule is CC(=O)N(CC(=O)Nc1ccccc1F)c1ccccc1C(C)C. The molecule has 4 nitrogen and oxygen atoms in total. The summed E-state index contributed by atoms with van der Waals surface area (Å²) in [6, 6.07) is 13.4. The minimum atomic E-state index is -0.511. The zero-order chi connectivity index (χ0) is 17.7. The van der Waals surface area contributed by atoms with E-state index in [4.69, 9.17) is 0 Å². The molecule has 126 valence electrons. The van der Waals surface area contributed by atoms with Gasteiger partial charge in [-0.2, -0.15) is 0 Å². The highest BCUT2D eigenvalue weighted by molar-refractivity contribution is 6.02. The number of nitrogens with zero attached hydrogens (tertiary/aromatic N) is 1. The van der Waals surface area contributed by atoms with Crippen molar-refractivity contribution < 1.29 is 14.0 Å². The maximum Gasteiger partial charge on any atom is 0.244 e. The molecule has 2 amide bonds. The second-order valence-corrected chi connectivity index (χ2v) is 5.85. The van der Waals surface area contributed by atoms with E-state index in [-0.39, 0.29) is 24.1 Å². The van der Waals surface area contributed by atoms with Gasteiger partial charge in [-0.15, -0.1) is 0 Å². The second kappa shape index (κ2) is 7.73. The molecule has 24 heavy (non-hydrogen) atoms. The Morgan fingerprint density at radius 3 is 2.33 bits per heavy atom. The Morgan fingerprint density at radius 2 is 1.71 bits per heavy atom. The lowest BCUT2D eigenvalue weighted by Gasteiger charge is -2.25. The van der Waals surface area contributed by atoms with Crippen LogP contribution in [-0.2, 0) is 9.59 Å². The van der Waals surface area contributed by atoms with Crippen LogP contribution in [0.15, 0.2) is 48.5 Å². The lowest BCUT2D eigenvalue weighted by Crippen LogP contribution is -2.37. The predicted molar refractivity (Wildman–Crippen MR) is 93.6 cm³/mol. The monoisotopic (exact) mass is 328 g/mol. The molecule has 0 radical (unpaired) electrons. The first-order valence-corrected chi connectivity index (χ1v) is 7.81. The Balaban J connectivity index is 2.22. The summed E-state index contributed by atoms with van der Waals surface area (Å²) in [6.45, 7) is 5.29. The van der Waals surface area contributed by atoms with Gasteiger partial charge in [-0.3, -0.25) is 9.59 Å². The summed E-state index contributed by atoms with van der Waals surface area (Å²) in [5.41, 5.74) is 1.78. The Labute approximate surface area is 141 Å². The minimum Gasteiger partial charge on any atom is -0.322 e. The van der Waals surface area contributed by atoms with Gasteiger partial charge in [0, 0.05) is 12.6 Å². The second-order valence-electron chi connectivity index (χ2n) is 5.85. The van der Waals surface area contributed by atoms with Crippen LogP contribution in [-0.4, -0.2) is 18.4 Å². The summed E-state index contributed by atoms with van der Waals surface area (Å²) < 4.78 is 13.6. The van der Waals surface area contributed by atoms with Gasteiger partial charge in [0.15, 0.2) is 0 Å². The quantitative estimate of drug-likeness (QED) is 0.904. The minimum absolute atomic E-state index is 0.100. The fourth-order valence-corrected chi connectivity index (χ4v) is 2.48. The molecule has 0 unspecified atom stereocenters. The molecule has 0 bridgehead atoms. The molecule has 0 atom stereocenters. The molecule has 0 aliphatic carbocycles. The molecule has 0 fully saturated rings. The largest absolute Gasteiger partial charge is 0.322 e. The van der Waals surface area contributed by atoms with Gasteiger partial charge in [0.2, 0.25) is 11.8 Å². The van der Waals surface area contributed by atoms with Crippen LogP contribution in [0.5, 0.6) is 0 Å². The number of nitrogens with one attached hydrogen (secondary N) is 1. The van der Waals surface area contributed by atoms with Gasteiger partial charge >= 0.3 is 0 Å². The summed E-state index contributed by atoms with van der Waals surface area (Å²) in [6.07, 6.45) is 0. The van der Waals surface area contributed by atoms with Crippen molar-refractivity contribution in [2.75, 3.05) is 16.8 Å². The first kappa shape index (κ1) is 17.7. The Kier molecular flexibility index (Phi) is 5.68. The molecule has 2 aromatic rings. The number of carbonyl (C=O) groups is 2. The highest BCUT2D eigenvalue weighted by Gasteiger charge is 2.20. The normalized spacial score (nSPS) is 10.5. The molecule has 1 N–H and O–H groups in total. The van der Waals surface area contributed by atoms with Gasteiger partial charge in [0.05, 0.1) is 5.69 Å². The van der Waals surface area contributed by atoms with Crippen molar-refractivity contribution >= 4 is 23.2 Å². The maximum atomic E-state index is 13.6. The van der Waals surface area contributed by atoms with E-state index in [1.54, 1.807) is 12.1 Å². The van der Waals surface area contributed by atoms with E-state index in [9.17, 15) is 14.0 Å². The summed E-state index contributed by atoms with van der Waals surface area (Å²) >= 11 is 0. The summed E-state index contributed by atoms with van der Waals surface area (Å²) in [5.74, 6) is -0.999. The van der Waals surface area contributed by atoms with Gasteiger partial charge in [-0.1, -0.05) is 44.2 Å². The molecule has 0 spiro atoms. The Hall–Kier alpha value is -2.69. The van der Waals surface area contributed by atoms with E-state index in [1.165, 1.54) is 24.0 Å². The lowest BCUT2D eigenvalue weighted by atomic mass is 10.0. The van der Waals surface area contributed by atoms with Gasteiger partial charge in [-0.05, 0) is 29.7 Å². The van der Waals surface area contributed by atoms with E-state index in [1.807, 2.05) is 38.1 Å². The zero-order valence-electron chi connectivity index (χ0n) is 14.0. The molecule has 0 aromatic heterocycles. The van der Waals surface area contributed by atoms with E-state index in [0.29, 0.717) is 5.69 Å². The van der Waals surface area contributed by atoms with Crippen molar-refractivity contribution in [3.8, 4) is 0 Å². The maximum absolute atomic E-state index is 13.6. The molecule has 2 rings (SSSR count). The van der Waals surface area contributed by atoms with Crippen LogP contribution in [0.3, 0.4) is 0 Å². The van der Waals surface area contributed by atoms with Crippen molar-refractivity contribution in [3.63, 3.8) is 0 Å². The lowest BCUT2D eigenvalue weighted by molar-refractivity contribution is -0.120. The smallest absolute Gasteiger partial charge is 0.244 e. The molecule has 5 heteroatoms. The number of halogens is 1. The van der Waals surface area contributed by atoms with Crippen LogP contribution < -0.4 is 10.2 Å². The van der Waals surface area contributed by atoms with E-state index >= 15 is 0 Å². The molecular formula is C19H21FN2O2. The summed E-state index contributed by atoms with van der Waals surface area (Å²) in [4.78, 5) is 25.7. The van der Waals surface area contributed by atoms with Crippen molar-refractivity contribution in [3.05, 3.63) is 59.9 Å². The van der Waals surface area contributed by atoms with Gasteiger partial charge < -0.3 is 10.2 Å². The fraction of sp³-hybridized carbons (Fsp3) is 0.263. The number of hydrogen-bond acceptors (Lipinski definition) is 2. The van der Waals surface area contributed by atoms with Crippen LogP contribution in [0.2, 0.25) is 0 Å². The number of carbonyl (C=O) groups excluding carboxylic acids is 2.